The monoisotopic (exact) mass is 441 g/mol. The Hall–Kier alpha value is -2.32. The van der Waals surface area contributed by atoms with Crippen molar-refractivity contribution in [2.45, 2.75) is 24.5 Å². The number of carbonyl (C=O) groups is 2. The van der Waals surface area contributed by atoms with E-state index in [4.69, 9.17) is 11.6 Å². The first-order valence-electron chi connectivity index (χ1n) is 8.91. The van der Waals surface area contributed by atoms with Crippen molar-refractivity contribution < 1.29 is 18.4 Å². The lowest BCUT2D eigenvalue weighted by molar-refractivity contribution is -0.114. The van der Waals surface area contributed by atoms with Crippen LogP contribution in [0.5, 0.6) is 0 Å². The lowest BCUT2D eigenvalue weighted by Crippen LogP contribution is -2.27. The van der Waals surface area contributed by atoms with Gasteiger partial charge >= 0.3 is 0 Å². The molecule has 2 rings (SSSR count). The van der Waals surface area contributed by atoms with E-state index in [1.807, 2.05) is 13.8 Å². The number of rotatable bonds is 9. The van der Waals surface area contributed by atoms with Crippen molar-refractivity contribution in [1.29, 1.82) is 0 Å². The highest BCUT2D eigenvalue weighted by Gasteiger charge is 2.13. The van der Waals surface area contributed by atoms with Crippen LogP contribution >= 0.6 is 23.4 Å². The van der Waals surface area contributed by atoms with E-state index in [9.17, 15) is 18.4 Å². The summed E-state index contributed by atoms with van der Waals surface area (Å²) in [5.74, 6) is -2.92. The zero-order valence-electron chi connectivity index (χ0n) is 16.0. The Labute approximate surface area is 177 Å². The maximum Gasteiger partial charge on any atom is 0.288 e. The van der Waals surface area contributed by atoms with Crippen LogP contribution in [0.1, 0.15) is 24.2 Å². The third-order valence-corrected chi connectivity index (χ3v) is 4.82. The molecule has 3 N–H and O–H groups in total. The van der Waals surface area contributed by atoms with E-state index in [1.165, 1.54) is 6.07 Å². The first-order valence-corrected chi connectivity index (χ1v) is 10.2. The molecule has 2 aromatic carbocycles. The molecule has 0 aliphatic heterocycles. The molecule has 156 valence electrons. The van der Waals surface area contributed by atoms with Gasteiger partial charge in [0.2, 0.25) is 5.91 Å². The van der Waals surface area contributed by atoms with Crippen LogP contribution in [-0.4, -0.2) is 30.7 Å². The van der Waals surface area contributed by atoms with Crippen LogP contribution in [0.15, 0.2) is 47.4 Å². The van der Waals surface area contributed by atoms with Crippen molar-refractivity contribution in [3.05, 3.63) is 53.1 Å². The third kappa shape index (κ3) is 7.55. The Bertz CT molecular complexity index is 865. The highest BCUT2D eigenvalue weighted by atomic mass is 35.5. The predicted octanol–water partition coefficient (Wildman–Crippen LogP) is 5.09. The Balaban J connectivity index is 1.94. The van der Waals surface area contributed by atoms with Gasteiger partial charge in [0.15, 0.2) is 0 Å². The van der Waals surface area contributed by atoms with E-state index in [-0.39, 0.29) is 22.4 Å². The van der Waals surface area contributed by atoms with Gasteiger partial charge in [0.05, 0.1) is 22.8 Å². The van der Waals surface area contributed by atoms with Crippen LogP contribution in [0, 0.1) is 5.92 Å². The number of anilines is 2. The van der Waals surface area contributed by atoms with Crippen LogP contribution in [-0.2, 0) is 4.79 Å². The summed E-state index contributed by atoms with van der Waals surface area (Å²) in [7, 11) is 0. The van der Waals surface area contributed by atoms with E-state index in [0.717, 1.165) is 0 Å². The van der Waals surface area contributed by atoms with Crippen molar-refractivity contribution in [3.63, 3.8) is 0 Å². The molecule has 0 saturated carbocycles. The summed E-state index contributed by atoms with van der Waals surface area (Å²) in [6.07, 6.45) is 0. The van der Waals surface area contributed by atoms with Gasteiger partial charge in [-0.1, -0.05) is 49.3 Å². The molecule has 0 aliphatic carbocycles. The van der Waals surface area contributed by atoms with Gasteiger partial charge in [0.25, 0.3) is 11.7 Å². The zero-order valence-corrected chi connectivity index (χ0v) is 17.5. The van der Waals surface area contributed by atoms with Crippen molar-refractivity contribution in [3.8, 4) is 0 Å². The van der Waals surface area contributed by atoms with Crippen LogP contribution in [0.25, 0.3) is 0 Å². The Morgan fingerprint density at radius 1 is 1.14 bits per heavy atom. The van der Waals surface area contributed by atoms with Crippen LogP contribution in [0.4, 0.5) is 20.2 Å². The number of nitrogens with one attached hydrogen (secondary N) is 3. The van der Waals surface area contributed by atoms with Crippen LogP contribution in [0.3, 0.4) is 0 Å². The Morgan fingerprint density at radius 3 is 2.52 bits per heavy atom. The van der Waals surface area contributed by atoms with Gasteiger partial charge in [0, 0.05) is 17.1 Å². The molecular weight excluding hydrogens is 420 g/mol. The predicted molar refractivity (Wildman–Crippen MR) is 114 cm³/mol. The van der Waals surface area contributed by atoms with E-state index in [2.05, 4.69) is 16.0 Å². The standard InChI is InChI=1S/C20H22ClF2N3O2S/c1-12(2)10-25-19(28)14-8-7-13(9-15(14)21)24-11-18(27)26-16-5-3-4-6-17(16)29-20(22)23/h3-9,12,20,24H,10-11H2,1-2H3,(H,25,28)(H,26,27). The summed E-state index contributed by atoms with van der Waals surface area (Å²) < 4.78 is 25.2. The second-order valence-electron chi connectivity index (χ2n) is 6.57. The second-order valence-corrected chi connectivity index (χ2v) is 8.01. The van der Waals surface area contributed by atoms with E-state index < -0.39 is 11.7 Å². The van der Waals surface area contributed by atoms with E-state index in [0.29, 0.717) is 41.2 Å². The van der Waals surface area contributed by atoms with Gasteiger partial charge in [-0.2, -0.15) is 8.78 Å². The zero-order chi connectivity index (χ0) is 21.4. The molecule has 0 bridgehead atoms. The molecule has 0 unspecified atom stereocenters. The molecule has 0 saturated heterocycles. The fraction of sp³-hybridized carbons (Fsp3) is 0.300. The molecule has 2 amide bonds. The van der Waals surface area contributed by atoms with E-state index in [1.54, 1.807) is 36.4 Å². The lowest BCUT2D eigenvalue weighted by Gasteiger charge is -2.12. The molecule has 0 spiro atoms. The summed E-state index contributed by atoms with van der Waals surface area (Å²) >= 11 is 6.55. The molecule has 0 atom stereocenters. The minimum Gasteiger partial charge on any atom is -0.376 e. The van der Waals surface area contributed by atoms with Gasteiger partial charge in [-0.25, -0.2) is 0 Å². The molecule has 0 aliphatic rings. The molecule has 29 heavy (non-hydrogen) atoms. The van der Waals surface area contributed by atoms with Gasteiger partial charge in [-0.15, -0.1) is 0 Å². The number of carbonyl (C=O) groups excluding carboxylic acids is 2. The highest BCUT2D eigenvalue weighted by molar-refractivity contribution is 7.99. The summed E-state index contributed by atoms with van der Waals surface area (Å²) in [6, 6.07) is 11.1. The molecular formula is C20H22ClF2N3O2S. The van der Waals surface area contributed by atoms with Gasteiger partial charge in [0.1, 0.15) is 0 Å². The molecule has 2 aromatic rings. The lowest BCUT2D eigenvalue weighted by atomic mass is 10.1. The first-order chi connectivity index (χ1) is 13.8. The summed E-state index contributed by atoms with van der Waals surface area (Å²) in [6.45, 7) is 4.43. The normalized spacial score (nSPS) is 10.9. The largest absolute Gasteiger partial charge is 0.376 e. The molecule has 0 heterocycles. The van der Waals surface area contributed by atoms with Crippen LogP contribution < -0.4 is 16.0 Å². The van der Waals surface area contributed by atoms with Crippen molar-refractivity contribution in [2.24, 2.45) is 5.92 Å². The van der Waals surface area contributed by atoms with E-state index >= 15 is 0 Å². The minimum atomic E-state index is -2.58. The van der Waals surface area contributed by atoms with Crippen molar-refractivity contribution in [2.75, 3.05) is 23.7 Å². The molecule has 0 fully saturated rings. The van der Waals surface area contributed by atoms with Crippen LogP contribution in [0.2, 0.25) is 5.02 Å². The van der Waals surface area contributed by atoms with Crippen molar-refractivity contribution in [1.82, 2.24) is 5.32 Å². The Morgan fingerprint density at radius 2 is 1.86 bits per heavy atom. The fourth-order valence-electron chi connectivity index (χ4n) is 2.35. The smallest absolute Gasteiger partial charge is 0.288 e. The second kappa shape index (κ2) is 11.0. The summed E-state index contributed by atoms with van der Waals surface area (Å²) in [5, 5.41) is 8.56. The van der Waals surface area contributed by atoms with Gasteiger partial charge < -0.3 is 16.0 Å². The molecule has 0 radical (unpaired) electrons. The average molecular weight is 442 g/mol. The number of benzene rings is 2. The summed E-state index contributed by atoms with van der Waals surface area (Å²) in [4.78, 5) is 24.6. The number of amides is 2. The third-order valence-electron chi connectivity index (χ3n) is 3.71. The quantitative estimate of drug-likeness (QED) is 0.474. The number of alkyl halides is 2. The molecule has 0 aromatic heterocycles. The fourth-order valence-corrected chi connectivity index (χ4v) is 3.21. The number of hydrogen-bond donors (Lipinski definition) is 3. The maximum absolute atomic E-state index is 12.6. The highest BCUT2D eigenvalue weighted by Crippen LogP contribution is 2.31. The minimum absolute atomic E-state index is 0.0943. The van der Waals surface area contributed by atoms with Gasteiger partial charge in [-0.3, -0.25) is 9.59 Å². The topological polar surface area (TPSA) is 70.2 Å². The summed E-state index contributed by atoms with van der Waals surface area (Å²) in [5.41, 5.74) is 1.22. The SMILES string of the molecule is CC(C)CNC(=O)c1ccc(NCC(=O)Nc2ccccc2SC(F)F)cc1Cl. The Kier molecular flexibility index (Phi) is 8.72. The average Bonchev–Trinajstić information content (AvgIpc) is 2.65. The molecule has 9 heteroatoms. The maximum atomic E-state index is 12.6. The number of thioether (sulfide) groups is 1. The van der Waals surface area contributed by atoms with Gasteiger partial charge in [-0.05, 0) is 36.2 Å². The number of hydrogen-bond acceptors (Lipinski definition) is 4. The number of halogens is 3. The first kappa shape index (κ1) is 23.0. The number of para-hydroxylation sites is 1. The molecule has 5 nitrogen and oxygen atoms in total. The van der Waals surface area contributed by atoms with Crippen molar-refractivity contribution >= 4 is 46.6 Å².